The molecular formula is C14H18F3NO. The Labute approximate surface area is 110 Å². The molecule has 0 bridgehead atoms. The first-order valence-corrected chi connectivity index (χ1v) is 6.31. The van der Waals surface area contributed by atoms with Crippen LogP contribution in [0, 0.1) is 5.92 Å². The van der Waals surface area contributed by atoms with Gasteiger partial charge in [0.15, 0.2) is 0 Å². The van der Waals surface area contributed by atoms with Gasteiger partial charge in [0.2, 0.25) is 0 Å². The van der Waals surface area contributed by atoms with E-state index < -0.39 is 17.3 Å². The molecule has 106 valence electrons. The molecule has 0 aliphatic carbocycles. The van der Waals surface area contributed by atoms with Crippen LogP contribution in [0.4, 0.5) is 13.2 Å². The summed E-state index contributed by atoms with van der Waals surface area (Å²) >= 11 is 0. The first-order chi connectivity index (χ1) is 8.71. The van der Waals surface area contributed by atoms with Crippen LogP contribution in [0.3, 0.4) is 0 Å². The molecule has 1 fully saturated rings. The lowest BCUT2D eigenvalue weighted by Crippen LogP contribution is -2.63. The van der Waals surface area contributed by atoms with Crippen LogP contribution in [0.5, 0.6) is 0 Å². The zero-order chi connectivity index (χ0) is 14.3. The SMILES string of the molecule is CC(C)C1(O)CN(Cc2cccc(C(F)(F)F)c2)C1. The van der Waals surface area contributed by atoms with Crippen molar-refractivity contribution in [3.63, 3.8) is 0 Å². The molecule has 2 nitrogen and oxygen atoms in total. The average Bonchev–Trinajstić information content (AvgIpc) is 2.25. The Morgan fingerprint density at radius 2 is 1.95 bits per heavy atom. The van der Waals surface area contributed by atoms with Crippen molar-refractivity contribution in [2.24, 2.45) is 5.92 Å². The summed E-state index contributed by atoms with van der Waals surface area (Å²) in [6.07, 6.45) is -4.30. The van der Waals surface area contributed by atoms with Crippen molar-refractivity contribution >= 4 is 0 Å². The minimum absolute atomic E-state index is 0.158. The van der Waals surface area contributed by atoms with Gasteiger partial charge in [0.25, 0.3) is 0 Å². The minimum atomic E-state index is -4.30. The van der Waals surface area contributed by atoms with Gasteiger partial charge in [0.05, 0.1) is 11.2 Å². The van der Waals surface area contributed by atoms with Crippen molar-refractivity contribution in [1.82, 2.24) is 4.90 Å². The second kappa shape index (κ2) is 4.80. The number of benzene rings is 1. The number of aliphatic hydroxyl groups is 1. The van der Waals surface area contributed by atoms with Crippen LogP contribution in [0.1, 0.15) is 25.0 Å². The van der Waals surface area contributed by atoms with E-state index in [1.54, 1.807) is 6.07 Å². The van der Waals surface area contributed by atoms with Crippen molar-refractivity contribution < 1.29 is 18.3 Å². The van der Waals surface area contributed by atoms with Crippen molar-refractivity contribution in [2.75, 3.05) is 13.1 Å². The van der Waals surface area contributed by atoms with E-state index in [1.807, 2.05) is 18.7 Å². The molecule has 1 heterocycles. The van der Waals surface area contributed by atoms with Crippen LogP contribution in [-0.4, -0.2) is 28.7 Å². The number of alkyl halides is 3. The van der Waals surface area contributed by atoms with Gasteiger partial charge in [-0.25, -0.2) is 0 Å². The maximum Gasteiger partial charge on any atom is 0.416 e. The molecule has 1 aromatic carbocycles. The Hall–Kier alpha value is -1.07. The maximum atomic E-state index is 12.6. The van der Waals surface area contributed by atoms with Gasteiger partial charge < -0.3 is 5.11 Å². The molecule has 2 rings (SSSR count). The third kappa shape index (κ3) is 3.09. The number of likely N-dealkylation sites (tertiary alicyclic amines) is 1. The Kier molecular flexibility index (Phi) is 3.62. The highest BCUT2D eigenvalue weighted by Crippen LogP contribution is 2.32. The smallest absolute Gasteiger partial charge is 0.387 e. The van der Waals surface area contributed by atoms with Crippen LogP contribution < -0.4 is 0 Å². The zero-order valence-corrected chi connectivity index (χ0v) is 11.0. The Morgan fingerprint density at radius 3 is 2.47 bits per heavy atom. The molecule has 0 spiro atoms. The van der Waals surface area contributed by atoms with Gasteiger partial charge in [0, 0.05) is 19.6 Å². The molecule has 0 amide bonds. The largest absolute Gasteiger partial charge is 0.416 e. The quantitative estimate of drug-likeness (QED) is 0.915. The molecule has 1 saturated heterocycles. The molecule has 0 atom stereocenters. The number of β-amino-alcohol motifs (C(OH)–C–C–N with tert-alkyl or cyclic N) is 1. The van der Waals surface area contributed by atoms with Gasteiger partial charge in [-0.05, 0) is 17.5 Å². The van der Waals surface area contributed by atoms with E-state index in [0.717, 1.165) is 6.07 Å². The monoisotopic (exact) mass is 273 g/mol. The third-order valence-electron chi connectivity index (χ3n) is 3.73. The van der Waals surface area contributed by atoms with Gasteiger partial charge in [0.1, 0.15) is 0 Å². The standard InChI is InChI=1S/C14H18F3NO/c1-10(2)13(19)8-18(9-13)7-11-4-3-5-12(6-11)14(15,16)17/h3-6,10,19H,7-9H2,1-2H3. The molecule has 1 N–H and O–H groups in total. The summed E-state index contributed by atoms with van der Waals surface area (Å²) in [5.41, 5.74) is -0.688. The Balaban J connectivity index is 1.99. The maximum absolute atomic E-state index is 12.6. The van der Waals surface area contributed by atoms with E-state index in [-0.39, 0.29) is 5.92 Å². The fourth-order valence-corrected chi connectivity index (χ4v) is 2.31. The molecule has 0 unspecified atom stereocenters. The fraction of sp³-hybridized carbons (Fsp3) is 0.571. The summed E-state index contributed by atoms with van der Waals surface area (Å²) in [5.74, 6) is 0.158. The molecule has 1 aliphatic heterocycles. The van der Waals surface area contributed by atoms with E-state index in [4.69, 9.17) is 0 Å². The lowest BCUT2D eigenvalue weighted by atomic mass is 9.83. The molecule has 0 aromatic heterocycles. The van der Waals surface area contributed by atoms with E-state index in [9.17, 15) is 18.3 Å². The van der Waals surface area contributed by atoms with Gasteiger partial charge in [-0.1, -0.05) is 32.0 Å². The van der Waals surface area contributed by atoms with Crippen LogP contribution in [-0.2, 0) is 12.7 Å². The average molecular weight is 273 g/mol. The van der Waals surface area contributed by atoms with E-state index in [2.05, 4.69) is 0 Å². The second-order valence-electron chi connectivity index (χ2n) is 5.60. The second-order valence-corrected chi connectivity index (χ2v) is 5.60. The Bertz CT molecular complexity index is 450. The predicted molar refractivity (Wildman–Crippen MR) is 66.5 cm³/mol. The highest BCUT2D eigenvalue weighted by Gasteiger charge is 2.43. The minimum Gasteiger partial charge on any atom is -0.387 e. The molecule has 0 saturated carbocycles. The number of nitrogens with zero attached hydrogens (tertiary/aromatic N) is 1. The molecule has 19 heavy (non-hydrogen) atoms. The van der Waals surface area contributed by atoms with Crippen molar-refractivity contribution in [3.8, 4) is 0 Å². The van der Waals surface area contributed by atoms with E-state index in [1.165, 1.54) is 12.1 Å². The van der Waals surface area contributed by atoms with E-state index in [0.29, 0.717) is 25.2 Å². The third-order valence-corrected chi connectivity index (χ3v) is 3.73. The summed E-state index contributed by atoms with van der Waals surface area (Å²) in [5, 5.41) is 10.1. The Morgan fingerprint density at radius 1 is 1.32 bits per heavy atom. The number of rotatable bonds is 3. The first-order valence-electron chi connectivity index (χ1n) is 6.31. The fourth-order valence-electron chi connectivity index (χ4n) is 2.31. The van der Waals surface area contributed by atoms with Crippen LogP contribution >= 0.6 is 0 Å². The van der Waals surface area contributed by atoms with Gasteiger partial charge >= 0.3 is 6.18 Å². The summed E-state index contributed by atoms with van der Waals surface area (Å²) in [6, 6.07) is 5.35. The highest BCUT2D eigenvalue weighted by molar-refractivity contribution is 5.26. The normalized spacial score (nSPS) is 19.5. The number of halogens is 3. The van der Waals surface area contributed by atoms with Crippen molar-refractivity contribution in [2.45, 2.75) is 32.2 Å². The van der Waals surface area contributed by atoms with Crippen LogP contribution in [0.2, 0.25) is 0 Å². The summed E-state index contributed by atoms with van der Waals surface area (Å²) < 4.78 is 37.7. The highest BCUT2D eigenvalue weighted by atomic mass is 19.4. The predicted octanol–water partition coefficient (Wildman–Crippen LogP) is 2.91. The first kappa shape index (κ1) is 14.3. The molecule has 5 heteroatoms. The summed E-state index contributed by atoms with van der Waals surface area (Å²) in [6.45, 7) is 5.37. The zero-order valence-electron chi connectivity index (χ0n) is 11.0. The molecule has 1 aliphatic rings. The van der Waals surface area contributed by atoms with Crippen LogP contribution in [0.25, 0.3) is 0 Å². The number of hydrogen-bond donors (Lipinski definition) is 1. The van der Waals surface area contributed by atoms with Crippen molar-refractivity contribution in [1.29, 1.82) is 0 Å². The van der Waals surface area contributed by atoms with Gasteiger partial charge in [-0.15, -0.1) is 0 Å². The lowest BCUT2D eigenvalue weighted by molar-refractivity contribution is -0.138. The topological polar surface area (TPSA) is 23.5 Å². The molecule has 1 aromatic rings. The number of hydrogen-bond acceptors (Lipinski definition) is 2. The summed E-state index contributed by atoms with van der Waals surface area (Å²) in [4.78, 5) is 1.95. The molecule has 0 radical (unpaired) electrons. The van der Waals surface area contributed by atoms with Crippen molar-refractivity contribution in [3.05, 3.63) is 35.4 Å². The van der Waals surface area contributed by atoms with Gasteiger partial charge in [-0.3, -0.25) is 4.90 Å². The van der Waals surface area contributed by atoms with E-state index >= 15 is 0 Å². The van der Waals surface area contributed by atoms with Crippen LogP contribution in [0.15, 0.2) is 24.3 Å². The van der Waals surface area contributed by atoms with Gasteiger partial charge in [-0.2, -0.15) is 13.2 Å². The molecular weight excluding hydrogens is 255 g/mol. The lowest BCUT2D eigenvalue weighted by Gasteiger charge is -2.49. The summed E-state index contributed by atoms with van der Waals surface area (Å²) in [7, 11) is 0.